The quantitative estimate of drug-likeness (QED) is 0.462. The van der Waals surface area contributed by atoms with Gasteiger partial charge in [-0.2, -0.15) is 0 Å². The Morgan fingerprint density at radius 3 is 3.05 bits per heavy atom. The van der Waals surface area contributed by atoms with E-state index in [2.05, 4.69) is 19.9 Å². The predicted octanol–water partition coefficient (Wildman–Crippen LogP) is 1.76. The Kier molecular flexibility index (Phi) is 4.06. The lowest BCUT2D eigenvalue weighted by Crippen LogP contribution is -2.04. The molecular weight excluding hydrogens is 296 g/mol. The molecule has 2 aromatic heterocycles. The lowest BCUT2D eigenvalue weighted by atomic mass is 10.7. The van der Waals surface area contributed by atoms with Crippen molar-refractivity contribution in [2.24, 2.45) is 0 Å². The van der Waals surface area contributed by atoms with Gasteiger partial charge in [-0.25, -0.2) is 9.78 Å². The van der Waals surface area contributed by atoms with Gasteiger partial charge >= 0.3 is 16.9 Å². The lowest BCUT2D eigenvalue weighted by Gasteiger charge is -1.93. The molecule has 0 atom stereocenters. The molecule has 0 saturated heterocycles. The molecule has 0 spiro atoms. The number of carbonyl (C=O) groups is 1. The fourth-order valence-electron chi connectivity index (χ4n) is 0.983. The van der Waals surface area contributed by atoms with Gasteiger partial charge in [0.15, 0.2) is 4.34 Å². The van der Waals surface area contributed by atoms with Crippen LogP contribution in [0.5, 0.6) is 0 Å². The number of esters is 1. The maximum Gasteiger partial charge on any atom is 0.396 e. The van der Waals surface area contributed by atoms with Crippen molar-refractivity contribution in [3.05, 3.63) is 22.2 Å². The first-order valence-corrected chi connectivity index (χ1v) is 6.52. The monoisotopic (exact) mass is 302 g/mol. The van der Waals surface area contributed by atoms with Crippen molar-refractivity contribution in [2.45, 2.75) is 16.5 Å². The van der Waals surface area contributed by atoms with Crippen LogP contribution < -0.4 is 0 Å². The van der Waals surface area contributed by atoms with Crippen LogP contribution in [0.1, 0.15) is 17.6 Å². The summed E-state index contributed by atoms with van der Waals surface area (Å²) in [5, 5.41) is 17.6. The fraction of sp³-hybridized carbons (Fsp3) is 0.250. The molecule has 100 valence electrons. The van der Waals surface area contributed by atoms with E-state index in [-0.39, 0.29) is 22.7 Å². The molecule has 2 heterocycles. The molecule has 0 aromatic carbocycles. The van der Waals surface area contributed by atoms with Gasteiger partial charge in [0.05, 0.1) is 11.5 Å². The maximum atomic E-state index is 11.3. The predicted molar refractivity (Wildman–Crippen MR) is 63.1 cm³/mol. The Hall–Kier alpha value is -2.01. The van der Waals surface area contributed by atoms with Crippen LogP contribution in [0.2, 0.25) is 0 Å². The molecule has 0 aliphatic carbocycles. The molecule has 0 bridgehead atoms. The zero-order valence-corrected chi connectivity index (χ0v) is 11.1. The summed E-state index contributed by atoms with van der Waals surface area (Å²) in [6.45, 7) is 1.85. The summed E-state index contributed by atoms with van der Waals surface area (Å²) in [5.41, 5.74) is 0. The van der Waals surface area contributed by atoms with Gasteiger partial charge in [0.1, 0.15) is 6.20 Å². The Balaban J connectivity index is 2.06. The third-order valence-electron chi connectivity index (χ3n) is 1.68. The molecule has 0 radical (unpaired) electrons. The minimum atomic E-state index is -0.716. The number of ether oxygens (including phenoxy) is 1. The van der Waals surface area contributed by atoms with Crippen LogP contribution in [0.25, 0.3) is 0 Å². The van der Waals surface area contributed by atoms with Crippen LogP contribution in [-0.4, -0.2) is 32.7 Å². The SMILES string of the molecule is CCOC(=O)c1nnc(Sc2ncc([N+](=O)[O-])s2)o1. The van der Waals surface area contributed by atoms with Crippen molar-refractivity contribution >= 4 is 34.1 Å². The van der Waals surface area contributed by atoms with E-state index in [1.807, 2.05) is 0 Å². The van der Waals surface area contributed by atoms with E-state index in [0.29, 0.717) is 4.34 Å². The standard InChI is InChI=1S/C8H6N4O5S2/c1-2-16-6(13)5-10-11-7(17-5)19-8-9-3-4(18-8)12(14)15/h3H,2H2,1H3. The zero-order chi connectivity index (χ0) is 13.8. The van der Waals surface area contributed by atoms with Gasteiger partial charge in [-0.1, -0.05) is 5.10 Å². The van der Waals surface area contributed by atoms with Crippen molar-refractivity contribution in [3.8, 4) is 0 Å². The molecule has 0 aliphatic heterocycles. The topological polar surface area (TPSA) is 121 Å². The van der Waals surface area contributed by atoms with Gasteiger partial charge in [-0.15, -0.1) is 5.10 Å². The summed E-state index contributed by atoms with van der Waals surface area (Å²) in [4.78, 5) is 25.0. The molecule has 11 heteroatoms. The highest BCUT2D eigenvalue weighted by Gasteiger charge is 2.19. The van der Waals surface area contributed by atoms with E-state index < -0.39 is 10.9 Å². The summed E-state index contributed by atoms with van der Waals surface area (Å²) in [7, 11) is 0. The van der Waals surface area contributed by atoms with Crippen molar-refractivity contribution in [3.63, 3.8) is 0 Å². The number of nitro groups is 1. The number of carbonyl (C=O) groups excluding carboxylic acids is 1. The summed E-state index contributed by atoms with van der Waals surface area (Å²) in [6.07, 6.45) is 1.13. The highest BCUT2D eigenvalue weighted by Crippen LogP contribution is 2.33. The van der Waals surface area contributed by atoms with E-state index in [9.17, 15) is 14.9 Å². The smallest absolute Gasteiger partial charge is 0.396 e. The zero-order valence-electron chi connectivity index (χ0n) is 9.43. The van der Waals surface area contributed by atoms with E-state index in [0.717, 1.165) is 29.3 Å². The Morgan fingerprint density at radius 1 is 1.63 bits per heavy atom. The van der Waals surface area contributed by atoms with Crippen LogP contribution in [0.3, 0.4) is 0 Å². The third kappa shape index (κ3) is 3.26. The second-order valence-electron chi connectivity index (χ2n) is 2.92. The second-order valence-corrected chi connectivity index (χ2v) is 5.12. The number of thiazole rings is 1. The van der Waals surface area contributed by atoms with Gasteiger partial charge < -0.3 is 9.15 Å². The Bertz CT molecular complexity index is 610. The average molecular weight is 302 g/mol. The van der Waals surface area contributed by atoms with Gasteiger partial charge in [-0.3, -0.25) is 10.1 Å². The molecule has 0 aliphatic rings. The molecule has 19 heavy (non-hydrogen) atoms. The van der Waals surface area contributed by atoms with Gasteiger partial charge in [0.25, 0.3) is 5.22 Å². The van der Waals surface area contributed by atoms with Gasteiger partial charge in [-0.05, 0) is 18.3 Å². The Morgan fingerprint density at radius 2 is 2.42 bits per heavy atom. The number of hydrogen-bond donors (Lipinski definition) is 0. The summed E-state index contributed by atoms with van der Waals surface area (Å²) in [5.74, 6) is -0.984. The van der Waals surface area contributed by atoms with Gasteiger partial charge in [0, 0.05) is 11.8 Å². The first-order chi connectivity index (χ1) is 9.10. The number of nitrogens with zero attached hydrogens (tertiary/aromatic N) is 4. The minimum Gasteiger partial charge on any atom is -0.459 e. The van der Waals surface area contributed by atoms with Crippen LogP contribution >= 0.6 is 23.1 Å². The molecule has 0 amide bonds. The van der Waals surface area contributed by atoms with Gasteiger partial charge in [0.2, 0.25) is 0 Å². The van der Waals surface area contributed by atoms with E-state index in [4.69, 9.17) is 4.42 Å². The van der Waals surface area contributed by atoms with Crippen LogP contribution in [0, 0.1) is 10.1 Å². The summed E-state index contributed by atoms with van der Waals surface area (Å²) >= 11 is 1.81. The van der Waals surface area contributed by atoms with Crippen molar-refractivity contribution in [2.75, 3.05) is 6.61 Å². The first kappa shape index (κ1) is 13.4. The normalized spacial score (nSPS) is 10.4. The number of aromatic nitrogens is 3. The second kappa shape index (κ2) is 5.75. The molecule has 0 unspecified atom stereocenters. The average Bonchev–Trinajstić information content (AvgIpc) is 2.99. The molecule has 2 rings (SSSR count). The number of rotatable bonds is 5. The van der Waals surface area contributed by atoms with Crippen molar-refractivity contribution in [1.29, 1.82) is 0 Å². The lowest BCUT2D eigenvalue weighted by molar-refractivity contribution is -0.380. The maximum absolute atomic E-state index is 11.3. The molecular formula is C8H6N4O5S2. The summed E-state index contributed by atoms with van der Waals surface area (Å²) < 4.78 is 10.1. The first-order valence-electron chi connectivity index (χ1n) is 4.89. The van der Waals surface area contributed by atoms with Crippen LogP contribution in [0.4, 0.5) is 5.00 Å². The molecule has 0 N–H and O–H groups in total. The fourth-order valence-corrected chi connectivity index (χ4v) is 2.54. The number of hydrogen-bond acceptors (Lipinski definition) is 10. The van der Waals surface area contributed by atoms with Crippen LogP contribution in [0.15, 0.2) is 20.2 Å². The highest BCUT2D eigenvalue weighted by atomic mass is 32.2. The molecule has 9 nitrogen and oxygen atoms in total. The van der Waals surface area contributed by atoms with Crippen molar-refractivity contribution < 1.29 is 18.9 Å². The van der Waals surface area contributed by atoms with E-state index in [1.54, 1.807) is 6.92 Å². The highest BCUT2D eigenvalue weighted by molar-refractivity contribution is 8.00. The third-order valence-corrected chi connectivity index (χ3v) is 3.55. The molecule has 0 fully saturated rings. The Labute approximate surface area is 114 Å². The van der Waals surface area contributed by atoms with E-state index >= 15 is 0 Å². The van der Waals surface area contributed by atoms with Crippen molar-refractivity contribution in [1.82, 2.24) is 15.2 Å². The summed E-state index contributed by atoms with van der Waals surface area (Å²) in [6, 6.07) is 0. The largest absolute Gasteiger partial charge is 0.459 e. The molecule has 0 saturated carbocycles. The minimum absolute atomic E-state index is 0.0623. The molecule has 2 aromatic rings. The van der Waals surface area contributed by atoms with E-state index in [1.165, 1.54) is 0 Å². The van der Waals surface area contributed by atoms with Crippen LogP contribution in [-0.2, 0) is 4.74 Å².